The second kappa shape index (κ2) is 8.32. The number of halogens is 2. The standard InChI is InChI=1S/C16H17Cl2N3S/c1-11-13(17)10-20-15(14(11)18)21-16(22)19-9-5-8-12-6-3-2-4-7-12/h2-4,6-7,10H,5,8-9H2,1H3,(H2,19,20,21,22). The number of hydrogen-bond acceptors (Lipinski definition) is 2. The maximum absolute atomic E-state index is 6.19. The summed E-state index contributed by atoms with van der Waals surface area (Å²) in [7, 11) is 0. The summed E-state index contributed by atoms with van der Waals surface area (Å²) >= 11 is 17.4. The average molecular weight is 354 g/mol. The van der Waals surface area contributed by atoms with Gasteiger partial charge in [-0.3, -0.25) is 0 Å². The van der Waals surface area contributed by atoms with Crippen LogP contribution in [-0.4, -0.2) is 16.6 Å². The fourth-order valence-corrected chi connectivity index (χ4v) is 2.52. The van der Waals surface area contributed by atoms with E-state index in [1.807, 2.05) is 25.1 Å². The first-order valence-electron chi connectivity index (χ1n) is 6.97. The summed E-state index contributed by atoms with van der Waals surface area (Å²) in [6.45, 7) is 2.62. The lowest BCUT2D eigenvalue weighted by Crippen LogP contribution is -2.30. The van der Waals surface area contributed by atoms with E-state index >= 15 is 0 Å². The van der Waals surface area contributed by atoms with Crippen molar-refractivity contribution in [2.45, 2.75) is 19.8 Å². The fourth-order valence-electron chi connectivity index (χ4n) is 1.94. The SMILES string of the molecule is Cc1c(Cl)cnc(NC(=S)NCCCc2ccccc2)c1Cl. The van der Waals surface area contributed by atoms with Crippen LogP contribution in [0, 0.1) is 6.92 Å². The van der Waals surface area contributed by atoms with Crippen molar-refractivity contribution in [2.75, 3.05) is 11.9 Å². The number of thiocarbonyl (C=S) groups is 1. The Morgan fingerprint density at radius 1 is 1.23 bits per heavy atom. The van der Waals surface area contributed by atoms with Crippen molar-refractivity contribution in [3.8, 4) is 0 Å². The molecule has 1 aromatic carbocycles. The van der Waals surface area contributed by atoms with E-state index in [0.717, 1.165) is 24.9 Å². The number of hydrogen-bond donors (Lipinski definition) is 2. The molecule has 0 saturated heterocycles. The molecule has 0 radical (unpaired) electrons. The quantitative estimate of drug-likeness (QED) is 0.607. The summed E-state index contributed by atoms with van der Waals surface area (Å²) in [5, 5.41) is 7.68. The molecule has 1 aromatic heterocycles. The Bertz CT molecular complexity index is 647. The zero-order valence-electron chi connectivity index (χ0n) is 12.2. The molecule has 2 rings (SSSR count). The molecular weight excluding hydrogens is 337 g/mol. The average Bonchev–Trinajstić information content (AvgIpc) is 2.53. The molecule has 6 heteroatoms. The van der Waals surface area contributed by atoms with E-state index < -0.39 is 0 Å². The Hall–Kier alpha value is -1.36. The number of aryl methyl sites for hydroxylation is 1. The van der Waals surface area contributed by atoms with Crippen LogP contribution in [0.15, 0.2) is 36.5 Å². The summed E-state index contributed by atoms with van der Waals surface area (Å²) in [5.74, 6) is 0.518. The van der Waals surface area contributed by atoms with Gasteiger partial charge in [-0.2, -0.15) is 0 Å². The van der Waals surface area contributed by atoms with Gasteiger partial charge in [0, 0.05) is 12.7 Å². The predicted octanol–water partition coefficient (Wildman–Crippen LogP) is 4.62. The van der Waals surface area contributed by atoms with Gasteiger partial charge in [-0.1, -0.05) is 53.5 Å². The Labute approximate surface area is 146 Å². The largest absolute Gasteiger partial charge is 0.362 e. The highest BCUT2D eigenvalue weighted by Gasteiger charge is 2.09. The van der Waals surface area contributed by atoms with Crippen LogP contribution in [0.5, 0.6) is 0 Å². The molecule has 0 unspecified atom stereocenters. The number of benzene rings is 1. The van der Waals surface area contributed by atoms with Gasteiger partial charge >= 0.3 is 0 Å². The normalized spacial score (nSPS) is 10.3. The summed E-state index contributed by atoms with van der Waals surface area (Å²) in [6, 6.07) is 10.4. The van der Waals surface area contributed by atoms with Crippen molar-refractivity contribution in [1.29, 1.82) is 0 Å². The third kappa shape index (κ3) is 4.83. The van der Waals surface area contributed by atoms with Crippen molar-refractivity contribution in [1.82, 2.24) is 10.3 Å². The molecular formula is C16H17Cl2N3S. The van der Waals surface area contributed by atoms with E-state index in [4.69, 9.17) is 35.4 Å². The molecule has 1 heterocycles. The lowest BCUT2D eigenvalue weighted by Gasteiger charge is -2.12. The molecule has 0 aliphatic carbocycles. The Kier molecular flexibility index (Phi) is 6.43. The summed E-state index contributed by atoms with van der Waals surface area (Å²) in [5.41, 5.74) is 2.11. The molecule has 0 bridgehead atoms. The third-order valence-corrected chi connectivity index (χ3v) is 4.29. The van der Waals surface area contributed by atoms with E-state index in [2.05, 4.69) is 27.8 Å². The minimum atomic E-state index is 0.487. The van der Waals surface area contributed by atoms with Gasteiger partial charge in [0.05, 0.1) is 10.0 Å². The van der Waals surface area contributed by atoms with Gasteiger partial charge in [-0.25, -0.2) is 4.98 Å². The van der Waals surface area contributed by atoms with E-state index in [1.165, 1.54) is 5.56 Å². The van der Waals surface area contributed by atoms with Crippen LogP contribution in [0.4, 0.5) is 5.82 Å². The van der Waals surface area contributed by atoms with E-state index in [-0.39, 0.29) is 0 Å². The molecule has 0 atom stereocenters. The first-order chi connectivity index (χ1) is 10.6. The topological polar surface area (TPSA) is 37.0 Å². The molecule has 116 valence electrons. The minimum absolute atomic E-state index is 0.487. The lowest BCUT2D eigenvalue weighted by atomic mass is 10.1. The zero-order valence-corrected chi connectivity index (χ0v) is 14.5. The number of rotatable bonds is 5. The molecule has 2 N–H and O–H groups in total. The van der Waals surface area contributed by atoms with E-state index in [9.17, 15) is 0 Å². The van der Waals surface area contributed by atoms with Gasteiger partial charge in [0.1, 0.15) is 0 Å². The van der Waals surface area contributed by atoms with Crippen molar-refractivity contribution < 1.29 is 0 Å². The smallest absolute Gasteiger partial charge is 0.171 e. The van der Waals surface area contributed by atoms with Crippen molar-refractivity contribution in [3.05, 3.63) is 57.7 Å². The van der Waals surface area contributed by atoms with Crippen LogP contribution in [-0.2, 0) is 6.42 Å². The zero-order chi connectivity index (χ0) is 15.9. The van der Waals surface area contributed by atoms with Crippen molar-refractivity contribution in [2.24, 2.45) is 0 Å². The van der Waals surface area contributed by atoms with Crippen LogP contribution in [0.2, 0.25) is 10.0 Å². The van der Waals surface area contributed by atoms with Gasteiger partial charge in [0.25, 0.3) is 0 Å². The first-order valence-corrected chi connectivity index (χ1v) is 8.13. The summed E-state index contributed by atoms with van der Waals surface area (Å²) < 4.78 is 0. The molecule has 3 nitrogen and oxygen atoms in total. The van der Waals surface area contributed by atoms with Gasteiger partial charge in [0.15, 0.2) is 10.9 Å². The van der Waals surface area contributed by atoms with Gasteiger partial charge < -0.3 is 10.6 Å². The van der Waals surface area contributed by atoms with Crippen LogP contribution in [0.1, 0.15) is 17.5 Å². The highest BCUT2D eigenvalue weighted by molar-refractivity contribution is 7.80. The maximum Gasteiger partial charge on any atom is 0.171 e. The number of pyridine rings is 1. The van der Waals surface area contributed by atoms with Gasteiger partial charge in [-0.15, -0.1) is 0 Å². The van der Waals surface area contributed by atoms with Crippen LogP contribution in [0.3, 0.4) is 0 Å². The Morgan fingerprint density at radius 3 is 2.68 bits per heavy atom. The molecule has 2 aromatic rings. The number of anilines is 1. The second-order valence-electron chi connectivity index (χ2n) is 4.86. The highest BCUT2D eigenvalue weighted by Crippen LogP contribution is 2.28. The molecule has 0 amide bonds. The molecule has 0 fully saturated rings. The Morgan fingerprint density at radius 2 is 1.95 bits per heavy atom. The summed E-state index contributed by atoms with van der Waals surface area (Å²) in [6.07, 6.45) is 3.56. The van der Waals surface area contributed by atoms with Crippen molar-refractivity contribution in [3.63, 3.8) is 0 Å². The van der Waals surface area contributed by atoms with Gasteiger partial charge in [0.2, 0.25) is 0 Å². The molecule has 0 aliphatic rings. The molecule has 0 saturated carbocycles. The molecule has 0 aliphatic heterocycles. The number of aromatic nitrogens is 1. The first kappa shape index (κ1) is 17.0. The van der Waals surface area contributed by atoms with Crippen LogP contribution < -0.4 is 10.6 Å². The highest BCUT2D eigenvalue weighted by atomic mass is 35.5. The van der Waals surface area contributed by atoms with Crippen LogP contribution >= 0.6 is 35.4 Å². The molecule has 0 spiro atoms. The minimum Gasteiger partial charge on any atom is -0.362 e. The Balaban J connectivity index is 1.78. The second-order valence-corrected chi connectivity index (χ2v) is 6.06. The van der Waals surface area contributed by atoms with Gasteiger partial charge in [-0.05, 0) is 43.1 Å². The third-order valence-electron chi connectivity index (χ3n) is 3.20. The summed E-state index contributed by atoms with van der Waals surface area (Å²) in [4.78, 5) is 4.15. The van der Waals surface area contributed by atoms with E-state index in [0.29, 0.717) is 21.0 Å². The fraction of sp³-hybridized carbons (Fsp3) is 0.250. The lowest BCUT2D eigenvalue weighted by molar-refractivity contribution is 0.777. The maximum atomic E-state index is 6.19. The predicted molar refractivity (Wildman–Crippen MR) is 98.0 cm³/mol. The van der Waals surface area contributed by atoms with Crippen molar-refractivity contribution >= 4 is 46.4 Å². The van der Waals surface area contributed by atoms with Crippen LogP contribution in [0.25, 0.3) is 0 Å². The monoisotopic (exact) mass is 353 g/mol. The number of nitrogens with one attached hydrogen (secondary N) is 2. The molecule has 22 heavy (non-hydrogen) atoms. The number of nitrogens with zero attached hydrogens (tertiary/aromatic N) is 1. The van der Waals surface area contributed by atoms with E-state index in [1.54, 1.807) is 6.20 Å².